The zero-order valence-electron chi connectivity index (χ0n) is 7.54. The van der Waals surface area contributed by atoms with Crippen molar-refractivity contribution < 1.29 is 18.3 Å². The molecule has 0 radical (unpaired) electrons. The van der Waals surface area contributed by atoms with E-state index in [1.54, 1.807) is 6.92 Å². The van der Waals surface area contributed by atoms with Gasteiger partial charge in [-0.05, 0) is 13.0 Å². The minimum atomic E-state index is -2.09. The summed E-state index contributed by atoms with van der Waals surface area (Å²) in [4.78, 5) is 14.4. The molecule has 0 saturated carbocycles. The predicted molar refractivity (Wildman–Crippen MR) is 44.7 cm³/mol. The first kappa shape index (κ1) is 10.6. The van der Waals surface area contributed by atoms with Crippen molar-refractivity contribution >= 4 is 5.97 Å². The van der Waals surface area contributed by atoms with Crippen molar-refractivity contribution in [2.24, 2.45) is 0 Å². The number of carbonyl (C=O) groups excluding carboxylic acids is 1. The van der Waals surface area contributed by atoms with E-state index >= 15 is 0 Å². The zero-order chi connectivity index (χ0) is 10.6. The number of rotatable bonds is 3. The highest BCUT2D eigenvalue weighted by atomic mass is 19.1. The van der Waals surface area contributed by atoms with Gasteiger partial charge in [0.05, 0.1) is 12.8 Å². The maximum atomic E-state index is 13.2. The number of nitrogens with zero attached hydrogens (tertiary/aromatic N) is 1. The lowest BCUT2D eigenvalue weighted by molar-refractivity contribution is -0.149. The van der Waals surface area contributed by atoms with Crippen molar-refractivity contribution in [1.29, 1.82) is 0 Å². The van der Waals surface area contributed by atoms with Crippen molar-refractivity contribution in [2.75, 3.05) is 6.61 Å². The third-order valence-corrected chi connectivity index (χ3v) is 1.57. The van der Waals surface area contributed by atoms with E-state index < -0.39 is 18.0 Å². The molecule has 0 bridgehead atoms. The third kappa shape index (κ3) is 2.25. The van der Waals surface area contributed by atoms with Gasteiger partial charge in [0.2, 0.25) is 6.17 Å². The van der Waals surface area contributed by atoms with Crippen LogP contribution in [0.5, 0.6) is 0 Å². The first-order valence-electron chi connectivity index (χ1n) is 4.07. The van der Waals surface area contributed by atoms with Crippen LogP contribution in [0.4, 0.5) is 8.78 Å². The Morgan fingerprint density at radius 3 is 3.00 bits per heavy atom. The Balaban J connectivity index is 2.84. The molecule has 0 aliphatic heterocycles. The summed E-state index contributed by atoms with van der Waals surface area (Å²) in [5.74, 6) is -1.94. The van der Waals surface area contributed by atoms with Gasteiger partial charge in [-0.25, -0.2) is 13.6 Å². The van der Waals surface area contributed by atoms with Crippen LogP contribution >= 0.6 is 0 Å². The molecule has 1 aromatic rings. The number of carbonyl (C=O) groups is 1. The average Bonchev–Trinajstić information content (AvgIpc) is 2.18. The molecular formula is C9H9F2NO2. The van der Waals surface area contributed by atoms with Crippen LogP contribution in [0.1, 0.15) is 18.7 Å². The molecule has 1 unspecified atom stereocenters. The second-order valence-corrected chi connectivity index (χ2v) is 2.51. The monoisotopic (exact) mass is 201 g/mol. The van der Waals surface area contributed by atoms with Gasteiger partial charge in [-0.1, -0.05) is 0 Å². The molecule has 14 heavy (non-hydrogen) atoms. The SMILES string of the molecule is CCOC(=O)C(F)c1ccncc1F. The Bertz CT molecular complexity index is 330. The smallest absolute Gasteiger partial charge is 0.345 e. The van der Waals surface area contributed by atoms with E-state index in [1.807, 2.05) is 0 Å². The third-order valence-electron chi connectivity index (χ3n) is 1.57. The molecule has 0 aliphatic rings. The summed E-state index contributed by atoms with van der Waals surface area (Å²) in [6, 6.07) is 1.11. The van der Waals surface area contributed by atoms with E-state index in [0.717, 1.165) is 12.3 Å². The summed E-state index contributed by atoms with van der Waals surface area (Å²) in [5.41, 5.74) is -0.349. The molecule has 1 rings (SSSR count). The van der Waals surface area contributed by atoms with Crippen LogP contribution in [0.3, 0.4) is 0 Å². The van der Waals surface area contributed by atoms with Crippen molar-refractivity contribution in [3.05, 3.63) is 29.8 Å². The summed E-state index contributed by atoms with van der Waals surface area (Å²) in [7, 11) is 0. The van der Waals surface area contributed by atoms with E-state index in [1.165, 1.54) is 6.20 Å². The van der Waals surface area contributed by atoms with Crippen LogP contribution in [-0.2, 0) is 9.53 Å². The van der Waals surface area contributed by atoms with Gasteiger partial charge in [-0.15, -0.1) is 0 Å². The molecule has 1 heterocycles. The lowest BCUT2D eigenvalue weighted by atomic mass is 10.1. The molecule has 3 nitrogen and oxygen atoms in total. The van der Waals surface area contributed by atoms with E-state index in [9.17, 15) is 13.6 Å². The summed E-state index contributed by atoms with van der Waals surface area (Å²) in [6.07, 6.45) is -0.0244. The largest absolute Gasteiger partial charge is 0.464 e. The molecule has 76 valence electrons. The molecule has 0 fully saturated rings. The second kappa shape index (κ2) is 4.64. The Kier molecular flexibility index (Phi) is 3.50. The van der Waals surface area contributed by atoms with E-state index in [0.29, 0.717) is 0 Å². The molecule has 0 amide bonds. The predicted octanol–water partition coefficient (Wildman–Crippen LogP) is 1.79. The number of aromatic nitrogens is 1. The van der Waals surface area contributed by atoms with Crippen LogP contribution in [0.25, 0.3) is 0 Å². The lowest BCUT2D eigenvalue weighted by Gasteiger charge is -2.07. The highest BCUT2D eigenvalue weighted by Gasteiger charge is 2.23. The number of hydrogen-bond acceptors (Lipinski definition) is 3. The number of ether oxygens (including phenoxy) is 1. The van der Waals surface area contributed by atoms with Gasteiger partial charge in [0.15, 0.2) is 0 Å². The minimum Gasteiger partial charge on any atom is -0.464 e. The van der Waals surface area contributed by atoms with Gasteiger partial charge >= 0.3 is 5.97 Å². The quantitative estimate of drug-likeness (QED) is 0.700. The number of esters is 1. The van der Waals surface area contributed by atoms with Crippen molar-refractivity contribution in [1.82, 2.24) is 4.98 Å². The van der Waals surface area contributed by atoms with Crippen LogP contribution in [0.15, 0.2) is 18.5 Å². The van der Waals surface area contributed by atoms with Crippen LogP contribution in [-0.4, -0.2) is 17.6 Å². The Morgan fingerprint density at radius 1 is 1.71 bits per heavy atom. The molecule has 1 atom stereocenters. The van der Waals surface area contributed by atoms with Gasteiger partial charge in [-0.3, -0.25) is 4.98 Å². The highest BCUT2D eigenvalue weighted by molar-refractivity contribution is 5.76. The standard InChI is InChI=1S/C9H9F2NO2/c1-2-14-9(13)8(11)6-3-4-12-5-7(6)10/h3-5,8H,2H2,1H3. The highest BCUT2D eigenvalue weighted by Crippen LogP contribution is 2.20. The van der Waals surface area contributed by atoms with Gasteiger partial charge in [0.25, 0.3) is 0 Å². The minimum absolute atomic E-state index is 0.0615. The summed E-state index contributed by atoms with van der Waals surface area (Å²) in [5, 5.41) is 0. The lowest BCUT2D eigenvalue weighted by Crippen LogP contribution is -2.13. The maximum Gasteiger partial charge on any atom is 0.345 e. The summed E-state index contributed by atoms with van der Waals surface area (Å²) >= 11 is 0. The van der Waals surface area contributed by atoms with E-state index in [4.69, 9.17) is 0 Å². The zero-order valence-corrected chi connectivity index (χ0v) is 7.54. The van der Waals surface area contributed by atoms with E-state index in [-0.39, 0.29) is 12.2 Å². The number of halogens is 2. The first-order chi connectivity index (χ1) is 6.66. The number of alkyl halides is 1. The fraction of sp³-hybridized carbons (Fsp3) is 0.333. The van der Waals surface area contributed by atoms with Gasteiger partial charge in [0, 0.05) is 11.8 Å². The van der Waals surface area contributed by atoms with Crippen LogP contribution in [0, 0.1) is 5.82 Å². The van der Waals surface area contributed by atoms with Crippen molar-refractivity contribution in [2.45, 2.75) is 13.1 Å². The van der Waals surface area contributed by atoms with Gasteiger partial charge in [0.1, 0.15) is 5.82 Å². The van der Waals surface area contributed by atoms with Crippen molar-refractivity contribution in [3.8, 4) is 0 Å². The number of pyridine rings is 1. The Labute approximate surface area is 79.7 Å². The topological polar surface area (TPSA) is 39.2 Å². The van der Waals surface area contributed by atoms with Crippen LogP contribution in [0.2, 0.25) is 0 Å². The maximum absolute atomic E-state index is 13.2. The molecular weight excluding hydrogens is 192 g/mol. The molecule has 0 N–H and O–H groups in total. The Morgan fingerprint density at radius 2 is 2.43 bits per heavy atom. The Hall–Kier alpha value is -1.52. The number of hydrogen-bond donors (Lipinski definition) is 0. The molecule has 0 spiro atoms. The molecule has 5 heteroatoms. The van der Waals surface area contributed by atoms with Crippen molar-refractivity contribution in [3.63, 3.8) is 0 Å². The molecule has 0 aromatic carbocycles. The fourth-order valence-corrected chi connectivity index (χ4v) is 0.934. The first-order valence-corrected chi connectivity index (χ1v) is 4.07. The summed E-state index contributed by atoms with van der Waals surface area (Å²) < 4.78 is 30.6. The second-order valence-electron chi connectivity index (χ2n) is 2.51. The van der Waals surface area contributed by atoms with Gasteiger partial charge in [-0.2, -0.15) is 0 Å². The normalized spacial score (nSPS) is 12.2. The van der Waals surface area contributed by atoms with Crippen LogP contribution < -0.4 is 0 Å². The molecule has 0 saturated heterocycles. The van der Waals surface area contributed by atoms with Gasteiger partial charge < -0.3 is 4.74 Å². The molecule has 1 aromatic heterocycles. The van der Waals surface area contributed by atoms with E-state index in [2.05, 4.69) is 9.72 Å². The fourth-order valence-electron chi connectivity index (χ4n) is 0.934. The molecule has 0 aliphatic carbocycles. The summed E-state index contributed by atoms with van der Waals surface area (Å²) in [6.45, 7) is 1.61. The average molecular weight is 201 g/mol.